The number of aromatic nitrogens is 1. The zero-order valence-electron chi connectivity index (χ0n) is 18.2. The minimum absolute atomic E-state index is 0.590. The highest BCUT2D eigenvalue weighted by Gasteiger charge is 2.22. The van der Waals surface area contributed by atoms with Gasteiger partial charge in [0.2, 0.25) is 0 Å². The molecule has 3 rings (SSSR count). The van der Waals surface area contributed by atoms with Gasteiger partial charge in [-0.3, -0.25) is 9.88 Å². The van der Waals surface area contributed by atoms with Crippen molar-refractivity contribution >= 4 is 0 Å². The lowest BCUT2D eigenvalue weighted by atomic mass is 9.94. The fourth-order valence-electron chi connectivity index (χ4n) is 4.28. The molecule has 1 aliphatic rings. The largest absolute Gasteiger partial charge is 0.383 e. The normalized spacial score (nSPS) is 16.9. The highest BCUT2D eigenvalue weighted by atomic mass is 16.5. The van der Waals surface area contributed by atoms with Crippen molar-refractivity contribution in [1.29, 1.82) is 0 Å². The van der Waals surface area contributed by atoms with Gasteiger partial charge in [0.1, 0.15) is 0 Å². The van der Waals surface area contributed by atoms with Gasteiger partial charge in [-0.25, -0.2) is 0 Å². The van der Waals surface area contributed by atoms with Crippen LogP contribution in [0.3, 0.4) is 0 Å². The van der Waals surface area contributed by atoms with Gasteiger partial charge in [0, 0.05) is 39.1 Å². The zero-order chi connectivity index (χ0) is 20.3. The van der Waals surface area contributed by atoms with E-state index in [0.717, 1.165) is 32.2 Å². The SMILES string of the molecule is COCCN1CCC(CN(CC[C@@H](C)c2ccccc2)Cc2ccncc2)CC1. The predicted molar refractivity (Wildman–Crippen MR) is 120 cm³/mol. The number of pyridine rings is 1. The van der Waals surface area contributed by atoms with E-state index in [1.54, 1.807) is 7.11 Å². The van der Waals surface area contributed by atoms with Crippen molar-refractivity contribution in [3.8, 4) is 0 Å². The quantitative estimate of drug-likeness (QED) is 0.562. The van der Waals surface area contributed by atoms with Gasteiger partial charge in [-0.1, -0.05) is 37.3 Å². The first-order valence-electron chi connectivity index (χ1n) is 11.1. The van der Waals surface area contributed by atoms with E-state index in [-0.39, 0.29) is 0 Å². The maximum absolute atomic E-state index is 5.24. The first-order valence-corrected chi connectivity index (χ1v) is 11.1. The Morgan fingerprint density at radius 3 is 2.52 bits per heavy atom. The van der Waals surface area contributed by atoms with Crippen LogP contribution < -0.4 is 0 Å². The van der Waals surface area contributed by atoms with Crippen LogP contribution in [0.5, 0.6) is 0 Å². The highest BCUT2D eigenvalue weighted by Crippen LogP contribution is 2.22. The molecule has 0 unspecified atom stereocenters. The molecule has 1 aliphatic heterocycles. The number of benzene rings is 1. The van der Waals surface area contributed by atoms with E-state index in [4.69, 9.17) is 4.74 Å². The lowest BCUT2D eigenvalue weighted by Gasteiger charge is -2.35. The van der Waals surface area contributed by atoms with Gasteiger partial charge >= 0.3 is 0 Å². The average molecular weight is 396 g/mol. The van der Waals surface area contributed by atoms with Crippen LogP contribution in [-0.4, -0.2) is 61.2 Å². The molecule has 2 aromatic rings. The van der Waals surface area contributed by atoms with Crippen molar-refractivity contribution in [2.75, 3.05) is 46.4 Å². The topological polar surface area (TPSA) is 28.6 Å². The lowest BCUT2D eigenvalue weighted by molar-refractivity contribution is 0.104. The lowest BCUT2D eigenvalue weighted by Crippen LogP contribution is -2.40. The van der Waals surface area contributed by atoms with E-state index in [9.17, 15) is 0 Å². The summed E-state index contributed by atoms with van der Waals surface area (Å²) in [5, 5.41) is 0. The Balaban J connectivity index is 1.53. The molecule has 0 amide bonds. The fraction of sp³-hybridized carbons (Fsp3) is 0.560. The van der Waals surface area contributed by atoms with E-state index in [1.807, 2.05) is 12.4 Å². The summed E-state index contributed by atoms with van der Waals surface area (Å²) >= 11 is 0. The summed E-state index contributed by atoms with van der Waals surface area (Å²) in [5.74, 6) is 1.38. The predicted octanol–water partition coefficient (Wildman–Crippen LogP) is 4.44. The summed E-state index contributed by atoms with van der Waals surface area (Å²) in [4.78, 5) is 9.40. The van der Waals surface area contributed by atoms with E-state index >= 15 is 0 Å². The van der Waals surface area contributed by atoms with Crippen LogP contribution in [0.25, 0.3) is 0 Å². The Hall–Kier alpha value is -1.75. The average Bonchev–Trinajstić information content (AvgIpc) is 2.78. The van der Waals surface area contributed by atoms with E-state index in [0.29, 0.717) is 5.92 Å². The van der Waals surface area contributed by atoms with Crippen molar-refractivity contribution in [3.63, 3.8) is 0 Å². The molecule has 4 heteroatoms. The first-order chi connectivity index (χ1) is 14.2. The number of hydrogen-bond donors (Lipinski definition) is 0. The maximum Gasteiger partial charge on any atom is 0.0589 e. The molecule has 29 heavy (non-hydrogen) atoms. The molecule has 2 heterocycles. The van der Waals surface area contributed by atoms with Gasteiger partial charge < -0.3 is 9.64 Å². The third kappa shape index (κ3) is 7.54. The number of hydrogen-bond acceptors (Lipinski definition) is 4. The number of nitrogens with zero attached hydrogens (tertiary/aromatic N) is 3. The smallest absolute Gasteiger partial charge is 0.0589 e. The molecule has 0 bridgehead atoms. The molecule has 1 saturated heterocycles. The summed E-state index contributed by atoms with van der Waals surface area (Å²) < 4.78 is 5.24. The molecular weight excluding hydrogens is 358 g/mol. The Morgan fingerprint density at radius 1 is 1.10 bits per heavy atom. The van der Waals surface area contributed by atoms with Crippen LogP contribution in [-0.2, 0) is 11.3 Å². The Bertz CT molecular complexity index is 671. The fourth-order valence-corrected chi connectivity index (χ4v) is 4.28. The number of rotatable bonds is 11. The summed E-state index contributed by atoms with van der Waals surface area (Å²) in [6, 6.07) is 15.2. The van der Waals surface area contributed by atoms with Crippen LogP contribution in [0, 0.1) is 5.92 Å². The highest BCUT2D eigenvalue weighted by molar-refractivity contribution is 5.18. The van der Waals surface area contributed by atoms with E-state index in [1.165, 1.54) is 50.0 Å². The molecule has 0 aliphatic carbocycles. The van der Waals surface area contributed by atoms with E-state index < -0.39 is 0 Å². The Labute approximate surface area is 176 Å². The summed E-state index contributed by atoms with van der Waals surface area (Å²) in [5.41, 5.74) is 2.81. The molecule has 4 nitrogen and oxygen atoms in total. The van der Waals surface area contributed by atoms with Crippen LogP contribution in [0.4, 0.5) is 0 Å². The molecule has 158 valence electrons. The Kier molecular flexibility index (Phi) is 9.13. The molecule has 1 atom stereocenters. The third-order valence-corrected chi connectivity index (χ3v) is 6.24. The minimum atomic E-state index is 0.590. The second-order valence-corrected chi connectivity index (χ2v) is 8.47. The summed E-state index contributed by atoms with van der Waals surface area (Å²) in [6.07, 6.45) is 7.61. The monoisotopic (exact) mass is 395 g/mol. The van der Waals surface area contributed by atoms with Crippen LogP contribution in [0.15, 0.2) is 54.9 Å². The summed E-state index contributed by atoms with van der Waals surface area (Å²) in [7, 11) is 1.79. The second kappa shape index (κ2) is 12.1. The number of ether oxygens (including phenoxy) is 1. The van der Waals surface area contributed by atoms with Gasteiger partial charge in [-0.2, -0.15) is 0 Å². The minimum Gasteiger partial charge on any atom is -0.383 e. The van der Waals surface area contributed by atoms with Crippen molar-refractivity contribution in [2.45, 2.75) is 38.6 Å². The maximum atomic E-state index is 5.24. The Morgan fingerprint density at radius 2 is 1.83 bits per heavy atom. The molecule has 1 aromatic heterocycles. The van der Waals surface area contributed by atoms with Crippen molar-refractivity contribution in [3.05, 3.63) is 66.0 Å². The van der Waals surface area contributed by atoms with Gasteiger partial charge in [0.15, 0.2) is 0 Å². The molecule has 1 aromatic carbocycles. The molecule has 0 radical (unpaired) electrons. The zero-order valence-corrected chi connectivity index (χ0v) is 18.2. The first kappa shape index (κ1) is 21.9. The number of likely N-dealkylation sites (tertiary alicyclic amines) is 1. The third-order valence-electron chi connectivity index (χ3n) is 6.24. The van der Waals surface area contributed by atoms with E-state index in [2.05, 4.69) is 64.2 Å². The number of piperidine rings is 1. The molecule has 0 N–H and O–H groups in total. The molecular formula is C25H37N3O. The number of methoxy groups -OCH3 is 1. The van der Waals surface area contributed by atoms with Crippen LogP contribution in [0.1, 0.15) is 43.2 Å². The molecule has 0 spiro atoms. The molecule has 0 saturated carbocycles. The standard InChI is InChI=1S/C25H37N3O/c1-22(25-6-4-3-5-7-25)10-15-28(20-23-8-13-26-14-9-23)21-24-11-16-27(17-12-24)18-19-29-2/h3-9,13-14,22,24H,10-12,15-21H2,1-2H3/t22-/m1/s1. The second-order valence-electron chi connectivity index (χ2n) is 8.47. The van der Waals surface area contributed by atoms with Gasteiger partial charge in [0.05, 0.1) is 6.61 Å². The van der Waals surface area contributed by atoms with Gasteiger partial charge in [0.25, 0.3) is 0 Å². The summed E-state index contributed by atoms with van der Waals surface area (Å²) in [6.45, 7) is 10.0. The van der Waals surface area contributed by atoms with Gasteiger partial charge in [-0.15, -0.1) is 0 Å². The van der Waals surface area contributed by atoms with Crippen molar-refractivity contribution < 1.29 is 4.74 Å². The van der Waals surface area contributed by atoms with Crippen LogP contribution in [0.2, 0.25) is 0 Å². The molecule has 1 fully saturated rings. The van der Waals surface area contributed by atoms with Gasteiger partial charge in [-0.05, 0) is 74.0 Å². The van der Waals surface area contributed by atoms with Crippen molar-refractivity contribution in [1.82, 2.24) is 14.8 Å². The van der Waals surface area contributed by atoms with Crippen molar-refractivity contribution in [2.24, 2.45) is 5.92 Å². The van der Waals surface area contributed by atoms with Crippen LogP contribution >= 0.6 is 0 Å².